The number of hydrogen-bond acceptors (Lipinski definition) is 3. The van der Waals surface area contributed by atoms with Crippen molar-refractivity contribution in [3.8, 4) is 0 Å². The zero-order valence-electron chi connectivity index (χ0n) is 19.3. The minimum atomic E-state index is -0.548. The van der Waals surface area contributed by atoms with Gasteiger partial charge in [0.1, 0.15) is 5.82 Å². The molecule has 2 atom stereocenters. The highest BCUT2D eigenvalue weighted by Gasteiger charge is 2.41. The lowest BCUT2D eigenvalue weighted by Gasteiger charge is -2.35. The van der Waals surface area contributed by atoms with E-state index < -0.39 is 6.04 Å². The molecule has 0 radical (unpaired) electrons. The van der Waals surface area contributed by atoms with Gasteiger partial charge in [-0.25, -0.2) is 4.39 Å². The van der Waals surface area contributed by atoms with Gasteiger partial charge in [0, 0.05) is 24.1 Å². The first-order chi connectivity index (χ1) is 16.5. The highest BCUT2D eigenvalue weighted by molar-refractivity contribution is 6.06. The van der Waals surface area contributed by atoms with Crippen molar-refractivity contribution in [2.45, 2.75) is 45.1 Å². The molecule has 0 saturated carbocycles. The fraction of sp³-hybridized carbons (Fsp3) is 0.241. The smallest absolute Gasteiger partial charge is 0.227 e. The van der Waals surface area contributed by atoms with Crippen LogP contribution in [-0.2, 0) is 9.59 Å². The second kappa shape index (κ2) is 8.90. The Labute approximate surface area is 199 Å². The first kappa shape index (κ1) is 22.1. The molecule has 0 fully saturated rings. The van der Waals surface area contributed by atoms with Crippen LogP contribution < -0.4 is 10.2 Å². The maximum Gasteiger partial charge on any atom is 0.227 e. The Morgan fingerprint density at radius 1 is 1.00 bits per heavy atom. The summed E-state index contributed by atoms with van der Waals surface area (Å²) in [5.41, 5.74) is 5.40. The lowest BCUT2D eigenvalue weighted by atomic mass is 9.78. The van der Waals surface area contributed by atoms with E-state index in [1.165, 1.54) is 6.07 Å². The van der Waals surface area contributed by atoms with Crippen molar-refractivity contribution in [3.63, 3.8) is 0 Å². The van der Waals surface area contributed by atoms with E-state index in [1.807, 2.05) is 62.4 Å². The van der Waals surface area contributed by atoms with Gasteiger partial charge in [-0.15, -0.1) is 0 Å². The number of amides is 1. The molecule has 1 N–H and O–H groups in total. The summed E-state index contributed by atoms with van der Waals surface area (Å²) in [5.74, 6) is -0.678. The van der Waals surface area contributed by atoms with Crippen LogP contribution >= 0.6 is 0 Å². The molecular weight excluding hydrogens is 427 g/mol. The number of anilines is 2. The van der Waals surface area contributed by atoms with Crippen LogP contribution in [0.25, 0.3) is 0 Å². The van der Waals surface area contributed by atoms with Gasteiger partial charge in [-0.1, -0.05) is 67.1 Å². The van der Waals surface area contributed by atoms with E-state index >= 15 is 0 Å². The molecule has 2 aliphatic rings. The van der Waals surface area contributed by atoms with Gasteiger partial charge in [0.05, 0.1) is 17.4 Å². The Bertz CT molecular complexity index is 1300. The molecule has 1 aliphatic carbocycles. The van der Waals surface area contributed by atoms with Crippen LogP contribution in [0.1, 0.15) is 54.8 Å². The number of ketones is 1. The summed E-state index contributed by atoms with van der Waals surface area (Å²) in [4.78, 5) is 28.9. The van der Waals surface area contributed by atoms with Gasteiger partial charge >= 0.3 is 0 Å². The molecule has 0 unspecified atom stereocenters. The van der Waals surface area contributed by atoms with Gasteiger partial charge in [-0.05, 0) is 48.6 Å². The largest absolute Gasteiger partial charge is 0.357 e. The standard InChI is InChI=1S/C29H27FN2O2/c1-3-27(34)32-25-11-7-6-10-23(25)31-24-16-20(21-8-4-5-9-22(21)30)17-26(33)28(24)29(32)19-14-12-18(2)13-15-19/h4-15,20,29,31H,3,16-17H2,1-2H3/t20-,29-/m1/s1. The number of benzene rings is 3. The summed E-state index contributed by atoms with van der Waals surface area (Å²) in [6.07, 6.45) is 1.01. The summed E-state index contributed by atoms with van der Waals surface area (Å²) in [5, 5.41) is 3.47. The number of halogens is 1. The predicted molar refractivity (Wildman–Crippen MR) is 132 cm³/mol. The highest BCUT2D eigenvalue weighted by Crippen LogP contribution is 2.47. The monoisotopic (exact) mass is 454 g/mol. The number of nitrogens with one attached hydrogen (secondary N) is 1. The number of fused-ring (bicyclic) bond motifs is 1. The fourth-order valence-corrected chi connectivity index (χ4v) is 5.13. The predicted octanol–water partition coefficient (Wildman–Crippen LogP) is 6.44. The maximum absolute atomic E-state index is 14.6. The first-order valence-corrected chi connectivity index (χ1v) is 11.7. The van der Waals surface area contributed by atoms with Crippen LogP contribution in [0.5, 0.6) is 0 Å². The summed E-state index contributed by atoms with van der Waals surface area (Å²) < 4.78 is 14.6. The summed E-state index contributed by atoms with van der Waals surface area (Å²) >= 11 is 0. The third-order valence-electron chi connectivity index (χ3n) is 6.80. The van der Waals surface area contributed by atoms with Crippen molar-refractivity contribution >= 4 is 23.1 Å². The van der Waals surface area contributed by atoms with E-state index in [0.717, 1.165) is 28.2 Å². The van der Waals surface area contributed by atoms with E-state index in [2.05, 4.69) is 5.32 Å². The van der Waals surface area contributed by atoms with Crippen LogP contribution in [0.15, 0.2) is 84.1 Å². The van der Waals surface area contributed by atoms with Crippen molar-refractivity contribution in [2.24, 2.45) is 0 Å². The van der Waals surface area contributed by atoms with E-state index in [0.29, 0.717) is 24.0 Å². The first-order valence-electron chi connectivity index (χ1n) is 11.7. The minimum absolute atomic E-state index is 0.0578. The second-order valence-electron chi connectivity index (χ2n) is 9.01. The SMILES string of the molecule is CCC(=O)N1c2ccccc2NC2=C(C(=O)C[C@H](c3ccccc3F)C2)[C@H]1c1ccc(C)cc1. The molecule has 4 nitrogen and oxygen atoms in total. The summed E-state index contributed by atoms with van der Waals surface area (Å²) in [6.45, 7) is 3.85. The van der Waals surface area contributed by atoms with Gasteiger partial charge in [-0.3, -0.25) is 14.5 Å². The molecule has 3 aromatic carbocycles. The van der Waals surface area contributed by atoms with Crippen LogP contribution in [0, 0.1) is 12.7 Å². The molecule has 0 aromatic heterocycles. The molecular formula is C29H27FN2O2. The van der Waals surface area contributed by atoms with Gasteiger partial charge in [0.15, 0.2) is 5.78 Å². The quantitative estimate of drug-likeness (QED) is 0.495. The molecule has 34 heavy (non-hydrogen) atoms. The maximum atomic E-state index is 14.6. The molecule has 1 aliphatic heterocycles. The number of Topliss-reactive ketones (excluding diaryl/α,β-unsaturated/α-hetero) is 1. The highest BCUT2D eigenvalue weighted by atomic mass is 19.1. The Hall–Kier alpha value is -3.73. The summed E-state index contributed by atoms with van der Waals surface area (Å²) in [7, 11) is 0. The molecule has 0 spiro atoms. The molecule has 1 heterocycles. The van der Waals surface area contributed by atoms with Crippen molar-refractivity contribution < 1.29 is 14.0 Å². The van der Waals surface area contributed by atoms with Crippen molar-refractivity contribution in [3.05, 3.63) is 107 Å². The van der Waals surface area contributed by atoms with Crippen molar-refractivity contribution in [1.82, 2.24) is 0 Å². The van der Waals surface area contributed by atoms with Gasteiger partial charge in [-0.2, -0.15) is 0 Å². The normalized spacial score (nSPS) is 19.7. The average molecular weight is 455 g/mol. The van der Waals surface area contributed by atoms with E-state index in [-0.39, 0.29) is 29.8 Å². The molecule has 3 aromatic rings. The third-order valence-corrected chi connectivity index (χ3v) is 6.80. The molecule has 5 heteroatoms. The number of carbonyl (C=O) groups is 2. The Morgan fingerprint density at radius 3 is 2.44 bits per heavy atom. The lowest BCUT2D eigenvalue weighted by Crippen LogP contribution is -2.38. The average Bonchev–Trinajstić information content (AvgIpc) is 2.99. The van der Waals surface area contributed by atoms with E-state index in [4.69, 9.17) is 0 Å². The van der Waals surface area contributed by atoms with E-state index in [1.54, 1.807) is 23.1 Å². The third kappa shape index (κ3) is 3.81. The number of carbonyl (C=O) groups excluding carboxylic acids is 2. The number of rotatable bonds is 3. The number of allylic oxidation sites excluding steroid dienone is 1. The lowest BCUT2D eigenvalue weighted by molar-refractivity contribution is -0.119. The van der Waals surface area contributed by atoms with Crippen molar-refractivity contribution in [2.75, 3.05) is 10.2 Å². The van der Waals surface area contributed by atoms with Crippen molar-refractivity contribution in [1.29, 1.82) is 0 Å². The van der Waals surface area contributed by atoms with Crippen LogP contribution in [0.2, 0.25) is 0 Å². The van der Waals surface area contributed by atoms with Crippen LogP contribution in [-0.4, -0.2) is 11.7 Å². The zero-order valence-corrected chi connectivity index (χ0v) is 19.3. The minimum Gasteiger partial charge on any atom is -0.357 e. The summed E-state index contributed by atoms with van der Waals surface area (Å²) in [6, 6.07) is 21.7. The molecule has 5 rings (SSSR count). The number of hydrogen-bond donors (Lipinski definition) is 1. The Balaban J connectivity index is 1.71. The molecule has 0 bridgehead atoms. The Kier molecular flexibility index (Phi) is 5.78. The van der Waals surface area contributed by atoms with Crippen LogP contribution in [0.3, 0.4) is 0 Å². The van der Waals surface area contributed by atoms with Gasteiger partial charge in [0.25, 0.3) is 0 Å². The van der Waals surface area contributed by atoms with Gasteiger partial charge < -0.3 is 5.32 Å². The topological polar surface area (TPSA) is 49.4 Å². The second-order valence-corrected chi connectivity index (χ2v) is 9.01. The molecule has 0 saturated heterocycles. The molecule has 172 valence electrons. The zero-order chi connectivity index (χ0) is 23.8. The molecule has 1 amide bonds. The number of aryl methyl sites for hydroxylation is 1. The van der Waals surface area contributed by atoms with Gasteiger partial charge in [0.2, 0.25) is 5.91 Å². The van der Waals surface area contributed by atoms with E-state index in [9.17, 15) is 14.0 Å². The fourth-order valence-electron chi connectivity index (χ4n) is 5.13. The van der Waals surface area contributed by atoms with Crippen LogP contribution in [0.4, 0.5) is 15.8 Å². The number of nitrogens with zero attached hydrogens (tertiary/aromatic N) is 1. The number of para-hydroxylation sites is 2. The Morgan fingerprint density at radius 2 is 1.71 bits per heavy atom.